The summed E-state index contributed by atoms with van der Waals surface area (Å²) in [6.45, 7) is 5.59. The van der Waals surface area contributed by atoms with Crippen LogP contribution in [0.15, 0.2) is 54.1 Å². The summed E-state index contributed by atoms with van der Waals surface area (Å²) in [5, 5.41) is 12.7. The molecule has 2 rings (SSSR count). The van der Waals surface area contributed by atoms with E-state index in [0.717, 1.165) is 16.7 Å². The van der Waals surface area contributed by atoms with Crippen LogP contribution < -0.4 is 5.32 Å². The molecule has 0 radical (unpaired) electrons. The van der Waals surface area contributed by atoms with Crippen molar-refractivity contribution in [3.8, 4) is 0 Å². The van der Waals surface area contributed by atoms with Gasteiger partial charge in [0, 0.05) is 11.3 Å². The van der Waals surface area contributed by atoms with Crippen LogP contribution in [0.2, 0.25) is 0 Å². The maximum absolute atomic E-state index is 12.4. The summed E-state index contributed by atoms with van der Waals surface area (Å²) in [6, 6.07) is 15.4. The predicted molar refractivity (Wildman–Crippen MR) is 90.6 cm³/mol. The second-order valence-electron chi connectivity index (χ2n) is 5.51. The normalized spacial score (nSPS) is 12.8. The van der Waals surface area contributed by atoms with Gasteiger partial charge in [-0.15, -0.1) is 0 Å². The van der Waals surface area contributed by atoms with Gasteiger partial charge in [-0.2, -0.15) is 0 Å². The number of hydrogen-bond acceptors (Lipinski definition) is 2. The molecule has 3 nitrogen and oxygen atoms in total. The van der Waals surface area contributed by atoms with Crippen molar-refractivity contribution in [3.63, 3.8) is 0 Å². The molecule has 3 heteroatoms. The lowest BCUT2D eigenvalue weighted by Crippen LogP contribution is -2.21. The third kappa shape index (κ3) is 4.30. The Morgan fingerprint density at radius 3 is 2.00 bits per heavy atom. The molecule has 2 aromatic carbocycles. The number of rotatable bonds is 4. The smallest absolute Gasteiger partial charge is 0.254 e. The van der Waals surface area contributed by atoms with E-state index in [0.29, 0.717) is 11.3 Å². The lowest BCUT2D eigenvalue weighted by molar-refractivity contribution is -0.113. The molecule has 0 saturated heterocycles. The molecule has 2 N–H and O–H groups in total. The average molecular weight is 295 g/mol. The molecular formula is C19H21NO2. The lowest BCUT2D eigenvalue weighted by atomic mass is 10.0. The summed E-state index contributed by atoms with van der Waals surface area (Å²) in [5.41, 5.74) is 4.22. The van der Waals surface area contributed by atoms with Crippen LogP contribution in [0, 0.1) is 13.8 Å². The first-order chi connectivity index (χ1) is 10.5. The van der Waals surface area contributed by atoms with Gasteiger partial charge < -0.3 is 10.4 Å². The second kappa shape index (κ2) is 7.05. The Morgan fingerprint density at radius 1 is 1.00 bits per heavy atom. The monoisotopic (exact) mass is 295 g/mol. The SMILES string of the molecule is Cc1ccc(/C=C(/C(=O)Nc2ccc(C)cc2)C(C)O)cc1. The number of nitrogens with one attached hydrogen (secondary N) is 1. The summed E-state index contributed by atoms with van der Waals surface area (Å²) in [6.07, 6.45) is 0.875. The Morgan fingerprint density at radius 2 is 1.50 bits per heavy atom. The maximum atomic E-state index is 12.4. The molecule has 114 valence electrons. The maximum Gasteiger partial charge on any atom is 0.254 e. The molecule has 0 fully saturated rings. The van der Waals surface area contributed by atoms with E-state index in [9.17, 15) is 9.90 Å². The molecule has 2 aromatic rings. The van der Waals surface area contributed by atoms with Crippen molar-refractivity contribution in [3.05, 3.63) is 70.8 Å². The van der Waals surface area contributed by atoms with Crippen LogP contribution in [-0.4, -0.2) is 17.1 Å². The largest absolute Gasteiger partial charge is 0.388 e. The van der Waals surface area contributed by atoms with Crippen molar-refractivity contribution < 1.29 is 9.90 Å². The van der Waals surface area contributed by atoms with Gasteiger partial charge in [0.05, 0.1) is 6.10 Å². The molecule has 22 heavy (non-hydrogen) atoms. The summed E-state index contributed by atoms with van der Waals surface area (Å²) in [7, 11) is 0. The van der Waals surface area contributed by atoms with Gasteiger partial charge in [0.25, 0.3) is 5.91 Å². The van der Waals surface area contributed by atoms with Gasteiger partial charge in [0.1, 0.15) is 0 Å². The summed E-state index contributed by atoms with van der Waals surface area (Å²) < 4.78 is 0. The topological polar surface area (TPSA) is 49.3 Å². The molecule has 1 amide bonds. The van der Waals surface area contributed by atoms with E-state index in [4.69, 9.17) is 0 Å². The van der Waals surface area contributed by atoms with Crippen molar-refractivity contribution in [2.24, 2.45) is 0 Å². The van der Waals surface area contributed by atoms with E-state index in [-0.39, 0.29) is 5.91 Å². The molecule has 0 aromatic heterocycles. The van der Waals surface area contributed by atoms with Crippen LogP contribution in [0.5, 0.6) is 0 Å². The lowest BCUT2D eigenvalue weighted by Gasteiger charge is -2.12. The van der Waals surface area contributed by atoms with Gasteiger partial charge in [-0.3, -0.25) is 4.79 Å². The van der Waals surface area contributed by atoms with Gasteiger partial charge in [-0.1, -0.05) is 47.5 Å². The summed E-state index contributed by atoms with van der Waals surface area (Å²) in [4.78, 5) is 12.4. The number of hydrogen-bond donors (Lipinski definition) is 2. The number of carbonyl (C=O) groups excluding carboxylic acids is 1. The number of aryl methyl sites for hydroxylation is 2. The molecule has 0 aliphatic carbocycles. The Kier molecular flexibility index (Phi) is 5.12. The standard InChI is InChI=1S/C19H21NO2/c1-13-4-8-16(9-5-13)12-18(15(3)21)19(22)20-17-10-6-14(2)7-11-17/h4-12,15,21H,1-3H3,(H,20,22)/b18-12+. The average Bonchev–Trinajstić information content (AvgIpc) is 2.48. The first kappa shape index (κ1) is 16.0. The van der Waals surface area contributed by atoms with Crippen molar-refractivity contribution in [2.45, 2.75) is 26.9 Å². The van der Waals surface area contributed by atoms with E-state index in [1.54, 1.807) is 13.0 Å². The van der Waals surface area contributed by atoms with E-state index >= 15 is 0 Å². The molecule has 0 heterocycles. The molecule has 0 saturated carbocycles. The van der Waals surface area contributed by atoms with Crippen LogP contribution in [0.25, 0.3) is 6.08 Å². The zero-order chi connectivity index (χ0) is 16.1. The Bertz CT molecular complexity index is 668. The van der Waals surface area contributed by atoms with Crippen LogP contribution in [0.4, 0.5) is 5.69 Å². The van der Waals surface area contributed by atoms with Crippen LogP contribution in [0.3, 0.4) is 0 Å². The van der Waals surface area contributed by atoms with Crippen molar-refractivity contribution >= 4 is 17.7 Å². The van der Waals surface area contributed by atoms with Crippen LogP contribution >= 0.6 is 0 Å². The van der Waals surface area contributed by atoms with Crippen LogP contribution in [0.1, 0.15) is 23.6 Å². The number of benzene rings is 2. The van der Waals surface area contributed by atoms with Gasteiger partial charge in [-0.25, -0.2) is 0 Å². The minimum atomic E-state index is -0.841. The fourth-order valence-electron chi connectivity index (χ4n) is 2.06. The van der Waals surface area contributed by atoms with Crippen molar-refractivity contribution in [2.75, 3.05) is 5.32 Å². The highest BCUT2D eigenvalue weighted by Gasteiger charge is 2.15. The summed E-state index contributed by atoms with van der Waals surface area (Å²) >= 11 is 0. The second-order valence-corrected chi connectivity index (χ2v) is 5.51. The third-order valence-electron chi connectivity index (χ3n) is 3.42. The third-order valence-corrected chi connectivity index (χ3v) is 3.42. The molecule has 0 aliphatic heterocycles. The number of amides is 1. The number of carbonyl (C=O) groups is 1. The van der Waals surface area contributed by atoms with Crippen molar-refractivity contribution in [1.82, 2.24) is 0 Å². The quantitative estimate of drug-likeness (QED) is 0.845. The highest BCUT2D eigenvalue weighted by Crippen LogP contribution is 2.15. The van der Waals surface area contributed by atoms with Gasteiger partial charge in [0.15, 0.2) is 0 Å². The molecular weight excluding hydrogens is 274 g/mol. The minimum Gasteiger partial charge on any atom is -0.388 e. The molecule has 0 spiro atoms. The van der Waals surface area contributed by atoms with Crippen LogP contribution in [-0.2, 0) is 4.79 Å². The molecule has 0 bridgehead atoms. The van der Waals surface area contributed by atoms with Gasteiger partial charge >= 0.3 is 0 Å². The Balaban J connectivity index is 2.21. The molecule has 1 unspecified atom stereocenters. The highest BCUT2D eigenvalue weighted by atomic mass is 16.3. The van der Waals surface area contributed by atoms with E-state index in [1.165, 1.54) is 0 Å². The van der Waals surface area contributed by atoms with Gasteiger partial charge in [0.2, 0.25) is 0 Å². The molecule has 0 aliphatic rings. The number of aliphatic hydroxyl groups is 1. The Hall–Kier alpha value is -2.39. The first-order valence-electron chi connectivity index (χ1n) is 7.30. The highest BCUT2D eigenvalue weighted by molar-refractivity contribution is 6.07. The number of anilines is 1. The van der Waals surface area contributed by atoms with E-state index in [2.05, 4.69) is 5.32 Å². The summed E-state index contributed by atoms with van der Waals surface area (Å²) in [5.74, 6) is -0.292. The van der Waals surface area contributed by atoms with E-state index in [1.807, 2.05) is 62.4 Å². The van der Waals surface area contributed by atoms with Crippen molar-refractivity contribution in [1.29, 1.82) is 0 Å². The zero-order valence-electron chi connectivity index (χ0n) is 13.1. The number of aliphatic hydroxyl groups excluding tert-OH is 1. The van der Waals surface area contributed by atoms with Gasteiger partial charge in [-0.05, 0) is 44.5 Å². The Labute approximate surface area is 131 Å². The fraction of sp³-hybridized carbons (Fsp3) is 0.211. The fourth-order valence-corrected chi connectivity index (χ4v) is 2.06. The molecule has 1 atom stereocenters. The first-order valence-corrected chi connectivity index (χ1v) is 7.30. The van der Waals surface area contributed by atoms with E-state index < -0.39 is 6.10 Å². The minimum absolute atomic E-state index is 0.292. The predicted octanol–water partition coefficient (Wildman–Crippen LogP) is 3.71. The zero-order valence-corrected chi connectivity index (χ0v) is 13.1.